The molecule has 0 spiro atoms. The Morgan fingerprint density at radius 3 is 2.58 bits per heavy atom. The maximum Gasteiger partial charge on any atom is 0.340 e. The highest BCUT2D eigenvalue weighted by molar-refractivity contribution is 6.00. The molecule has 0 atom stereocenters. The van der Waals surface area contributed by atoms with Gasteiger partial charge in [-0.25, -0.2) is 14.0 Å². The van der Waals surface area contributed by atoms with E-state index in [4.69, 9.17) is 5.11 Å². The van der Waals surface area contributed by atoms with E-state index in [0.29, 0.717) is 0 Å². The molecule has 1 aromatic carbocycles. The fraction of sp³-hybridized carbons (Fsp3) is 0.231. The number of aromatic carboxylic acids is 1. The summed E-state index contributed by atoms with van der Waals surface area (Å²) in [7, 11) is 0. The van der Waals surface area contributed by atoms with Crippen molar-refractivity contribution in [2.45, 2.75) is 18.9 Å². The Balaban J connectivity index is 2.08. The van der Waals surface area contributed by atoms with Gasteiger partial charge in [0.1, 0.15) is 11.4 Å². The average Bonchev–Trinajstić information content (AvgIpc) is 2.81. The fourth-order valence-corrected chi connectivity index (χ4v) is 1.92. The van der Waals surface area contributed by atoms with Gasteiger partial charge in [0.15, 0.2) is 0 Å². The highest BCUT2D eigenvalue weighted by Crippen LogP contribution is 2.19. The van der Waals surface area contributed by atoms with E-state index < -0.39 is 23.4 Å². The zero-order chi connectivity index (χ0) is 13.8. The van der Waals surface area contributed by atoms with Gasteiger partial charge in [0.05, 0.1) is 5.69 Å². The van der Waals surface area contributed by atoms with Gasteiger partial charge < -0.3 is 15.7 Å². The minimum atomic E-state index is -1.42. The summed E-state index contributed by atoms with van der Waals surface area (Å²) < 4.78 is 13.4. The molecule has 2 amide bonds. The Hall–Kier alpha value is -2.37. The van der Waals surface area contributed by atoms with Crippen LogP contribution in [0.1, 0.15) is 23.2 Å². The predicted octanol–water partition coefficient (Wildman–Crippen LogP) is 2.36. The molecule has 1 aliphatic rings. The van der Waals surface area contributed by atoms with E-state index in [9.17, 15) is 14.0 Å². The minimum Gasteiger partial charge on any atom is -0.478 e. The number of hydrogen-bond donors (Lipinski definition) is 3. The molecule has 0 fully saturated rings. The van der Waals surface area contributed by atoms with Crippen LogP contribution in [0.4, 0.5) is 14.9 Å². The number of carboxylic acids is 1. The average molecular weight is 264 g/mol. The van der Waals surface area contributed by atoms with Crippen molar-refractivity contribution in [3.8, 4) is 0 Å². The van der Waals surface area contributed by atoms with Gasteiger partial charge in [-0.05, 0) is 25.0 Å². The van der Waals surface area contributed by atoms with Crippen molar-refractivity contribution in [1.82, 2.24) is 5.32 Å². The van der Waals surface area contributed by atoms with Gasteiger partial charge in [-0.2, -0.15) is 0 Å². The zero-order valence-electron chi connectivity index (χ0n) is 10.0. The second-order valence-electron chi connectivity index (χ2n) is 4.21. The zero-order valence-corrected chi connectivity index (χ0v) is 10.0. The minimum absolute atomic E-state index is 0.00170. The molecule has 0 radical (unpaired) electrons. The molecule has 0 unspecified atom stereocenters. The maximum atomic E-state index is 13.4. The van der Waals surface area contributed by atoms with Gasteiger partial charge in [-0.15, -0.1) is 0 Å². The second kappa shape index (κ2) is 5.51. The number of benzene rings is 1. The summed E-state index contributed by atoms with van der Waals surface area (Å²) in [4.78, 5) is 22.6. The Kier molecular flexibility index (Phi) is 3.79. The first-order valence-corrected chi connectivity index (χ1v) is 5.82. The van der Waals surface area contributed by atoms with Crippen LogP contribution in [0.15, 0.2) is 30.4 Å². The first kappa shape index (κ1) is 13.1. The Bertz CT molecular complexity index is 535. The lowest BCUT2D eigenvalue weighted by molar-refractivity contribution is 0.0693. The van der Waals surface area contributed by atoms with Crippen molar-refractivity contribution in [3.05, 3.63) is 41.7 Å². The molecule has 100 valence electrons. The quantitative estimate of drug-likeness (QED) is 0.733. The van der Waals surface area contributed by atoms with Gasteiger partial charge in [-0.3, -0.25) is 0 Å². The Morgan fingerprint density at radius 2 is 1.95 bits per heavy atom. The summed E-state index contributed by atoms with van der Waals surface area (Å²) in [6.07, 6.45) is 5.39. The molecule has 0 saturated heterocycles. The molecule has 0 saturated carbocycles. The van der Waals surface area contributed by atoms with E-state index in [1.54, 1.807) is 0 Å². The van der Waals surface area contributed by atoms with Gasteiger partial charge in [0, 0.05) is 6.04 Å². The predicted molar refractivity (Wildman–Crippen MR) is 67.7 cm³/mol. The summed E-state index contributed by atoms with van der Waals surface area (Å²) in [5, 5.41) is 14.0. The molecule has 0 bridgehead atoms. The number of nitrogens with one attached hydrogen (secondary N) is 2. The van der Waals surface area contributed by atoms with Crippen molar-refractivity contribution in [1.29, 1.82) is 0 Å². The lowest BCUT2D eigenvalue weighted by Crippen LogP contribution is -2.36. The monoisotopic (exact) mass is 264 g/mol. The lowest BCUT2D eigenvalue weighted by atomic mass is 10.1. The summed E-state index contributed by atoms with van der Waals surface area (Å²) in [6, 6.07) is 3.18. The van der Waals surface area contributed by atoms with Crippen LogP contribution in [0.25, 0.3) is 0 Å². The van der Waals surface area contributed by atoms with E-state index >= 15 is 0 Å². The maximum absolute atomic E-state index is 13.4. The molecular weight excluding hydrogens is 251 g/mol. The third kappa shape index (κ3) is 3.09. The standard InChI is InChI=1S/C13H13FN2O3/c14-9-6-3-7-10(11(9)12(17)18)16-13(19)15-8-4-1-2-5-8/h1-3,6-8H,4-5H2,(H,17,18)(H2,15,16,19). The molecule has 19 heavy (non-hydrogen) atoms. The van der Waals surface area contributed by atoms with Crippen molar-refractivity contribution >= 4 is 17.7 Å². The molecule has 0 aliphatic heterocycles. The van der Waals surface area contributed by atoms with Crippen LogP contribution in [-0.4, -0.2) is 23.1 Å². The van der Waals surface area contributed by atoms with E-state index in [1.807, 2.05) is 12.2 Å². The molecule has 5 nitrogen and oxygen atoms in total. The number of carbonyl (C=O) groups is 2. The summed E-state index contributed by atoms with van der Waals surface area (Å²) in [5.74, 6) is -2.30. The van der Waals surface area contributed by atoms with Crippen LogP contribution in [0.2, 0.25) is 0 Å². The molecule has 0 heterocycles. The summed E-state index contributed by atoms with van der Waals surface area (Å²) in [6.45, 7) is 0. The molecule has 6 heteroatoms. The Morgan fingerprint density at radius 1 is 1.26 bits per heavy atom. The van der Waals surface area contributed by atoms with Crippen LogP contribution in [0.3, 0.4) is 0 Å². The molecule has 0 aromatic heterocycles. The van der Waals surface area contributed by atoms with Crippen molar-refractivity contribution < 1.29 is 19.1 Å². The van der Waals surface area contributed by atoms with Gasteiger partial charge in [0.2, 0.25) is 0 Å². The van der Waals surface area contributed by atoms with E-state index in [2.05, 4.69) is 10.6 Å². The number of urea groups is 1. The molecule has 1 aliphatic carbocycles. The van der Waals surface area contributed by atoms with Crippen molar-refractivity contribution in [3.63, 3.8) is 0 Å². The van der Waals surface area contributed by atoms with E-state index in [1.165, 1.54) is 12.1 Å². The van der Waals surface area contributed by atoms with Gasteiger partial charge >= 0.3 is 12.0 Å². The highest BCUT2D eigenvalue weighted by Gasteiger charge is 2.18. The van der Waals surface area contributed by atoms with E-state index in [0.717, 1.165) is 18.9 Å². The summed E-state index contributed by atoms with van der Waals surface area (Å²) in [5.41, 5.74) is -0.599. The van der Waals surface area contributed by atoms with Crippen LogP contribution in [0.5, 0.6) is 0 Å². The third-order valence-electron chi connectivity index (χ3n) is 2.82. The molecule has 2 rings (SSSR count). The van der Waals surface area contributed by atoms with Gasteiger partial charge in [0.25, 0.3) is 0 Å². The number of anilines is 1. The number of carboxylic acid groups (broad SMARTS) is 1. The number of rotatable bonds is 3. The van der Waals surface area contributed by atoms with Crippen LogP contribution in [0, 0.1) is 5.82 Å². The Labute approximate surface area is 109 Å². The van der Waals surface area contributed by atoms with Crippen molar-refractivity contribution in [2.75, 3.05) is 5.32 Å². The SMILES string of the molecule is O=C(Nc1cccc(F)c1C(=O)O)NC1CC=CC1. The van der Waals surface area contributed by atoms with E-state index in [-0.39, 0.29) is 11.7 Å². The smallest absolute Gasteiger partial charge is 0.340 e. The summed E-state index contributed by atoms with van der Waals surface area (Å²) >= 11 is 0. The van der Waals surface area contributed by atoms with Crippen LogP contribution in [-0.2, 0) is 0 Å². The second-order valence-corrected chi connectivity index (χ2v) is 4.21. The highest BCUT2D eigenvalue weighted by atomic mass is 19.1. The van der Waals surface area contributed by atoms with Crippen LogP contribution >= 0.6 is 0 Å². The largest absolute Gasteiger partial charge is 0.478 e. The molecular formula is C13H13FN2O3. The fourth-order valence-electron chi connectivity index (χ4n) is 1.92. The topological polar surface area (TPSA) is 78.4 Å². The normalized spacial score (nSPS) is 14.4. The first-order valence-electron chi connectivity index (χ1n) is 5.82. The number of halogens is 1. The third-order valence-corrected chi connectivity index (χ3v) is 2.82. The number of carbonyl (C=O) groups excluding carboxylic acids is 1. The van der Waals surface area contributed by atoms with Crippen LogP contribution < -0.4 is 10.6 Å². The van der Waals surface area contributed by atoms with Gasteiger partial charge in [-0.1, -0.05) is 18.2 Å². The number of hydrogen-bond acceptors (Lipinski definition) is 2. The number of amides is 2. The molecule has 1 aromatic rings. The first-order chi connectivity index (χ1) is 9.08. The lowest BCUT2D eigenvalue weighted by Gasteiger charge is -2.14. The molecule has 3 N–H and O–H groups in total. The van der Waals surface area contributed by atoms with Crippen molar-refractivity contribution in [2.24, 2.45) is 0 Å².